The van der Waals surface area contributed by atoms with Crippen LogP contribution in [0.5, 0.6) is 0 Å². The Hall–Kier alpha value is -0.500. The summed E-state index contributed by atoms with van der Waals surface area (Å²) in [5.41, 5.74) is 0. The Balaban J connectivity index is 3.57. The molecule has 1 unspecified atom stereocenters. The van der Waals surface area contributed by atoms with Gasteiger partial charge in [-0.1, -0.05) is 25.8 Å². The van der Waals surface area contributed by atoms with Crippen LogP contribution in [-0.4, -0.2) is 18.0 Å². The molecule has 0 aliphatic carbocycles. The van der Waals surface area contributed by atoms with E-state index >= 15 is 0 Å². The van der Waals surface area contributed by atoms with Gasteiger partial charge in [-0.25, -0.2) is 0 Å². The minimum absolute atomic E-state index is 0.111. The van der Waals surface area contributed by atoms with Crippen LogP contribution in [0.2, 0.25) is 0 Å². The summed E-state index contributed by atoms with van der Waals surface area (Å²) in [5.74, 6) is 0.484. The lowest BCUT2D eigenvalue weighted by Gasteiger charge is -2.08. The smallest absolute Gasteiger partial charge is 0.306 e. The summed E-state index contributed by atoms with van der Waals surface area (Å²) in [5, 5.41) is 0. The molecule has 1 atom stereocenters. The van der Waals surface area contributed by atoms with Crippen molar-refractivity contribution in [2.24, 2.45) is 0 Å². The first-order valence-electron chi connectivity index (χ1n) is 6.12. The van der Waals surface area contributed by atoms with Gasteiger partial charge in [-0.15, -0.1) is 11.6 Å². The van der Waals surface area contributed by atoms with Crippen LogP contribution in [0.15, 0.2) is 12.2 Å². The third kappa shape index (κ3) is 10.0. The highest BCUT2D eigenvalue weighted by molar-refractivity contribution is 6.17. The van der Waals surface area contributed by atoms with Gasteiger partial charge in [0.15, 0.2) is 0 Å². The second-order valence-corrected chi connectivity index (χ2v) is 4.29. The fraction of sp³-hybridized carbons (Fsp3) is 0.769. The molecule has 2 nitrogen and oxygen atoms in total. The SMILES string of the molecule is CCCC/C=C/C(C)OC(=O)CCCCCl. The van der Waals surface area contributed by atoms with E-state index in [0.29, 0.717) is 12.3 Å². The van der Waals surface area contributed by atoms with Crippen LogP contribution >= 0.6 is 11.6 Å². The van der Waals surface area contributed by atoms with Gasteiger partial charge in [0.25, 0.3) is 0 Å². The van der Waals surface area contributed by atoms with Crippen molar-refractivity contribution >= 4 is 17.6 Å². The molecule has 94 valence electrons. The second-order valence-electron chi connectivity index (χ2n) is 3.91. The third-order valence-electron chi connectivity index (χ3n) is 2.21. The Labute approximate surface area is 104 Å². The first-order chi connectivity index (χ1) is 7.70. The molecule has 0 amide bonds. The number of allylic oxidation sites excluding steroid dienone is 1. The summed E-state index contributed by atoms with van der Waals surface area (Å²) in [6.07, 6.45) is 9.52. The van der Waals surface area contributed by atoms with Gasteiger partial charge in [-0.05, 0) is 32.3 Å². The van der Waals surface area contributed by atoms with Gasteiger partial charge in [-0.2, -0.15) is 0 Å². The van der Waals surface area contributed by atoms with Gasteiger partial charge < -0.3 is 4.74 Å². The topological polar surface area (TPSA) is 26.3 Å². The molecule has 0 rings (SSSR count). The number of ether oxygens (including phenoxy) is 1. The van der Waals surface area contributed by atoms with Crippen molar-refractivity contribution in [3.05, 3.63) is 12.2 Å². The first kappa shape index (κ1) is 15.5. The maximum Gasteiger partial charge on any atom is 0.306 e. The molecule has 0 saturated heterocycles. The predicted octanol–water partition coefficient (Wildman–Crippen LogP) is 4.07. The van der Waals surface area contributed by atoms with Crippen molar-refractivity contribution in [2.75, 3.05) is 5.88 Å². The average molecular weight is 247 g/mol. The van der Waals surface area contributed by atoms with Gasteiger partial charge in [0.2, 0.25) is 0 Å². The molecule has 0 fully saturated rings. The van der Waals surface area contributed by atoms with E-state index in [-0.39, 0.29) is 12.1 Å². The normalized spacial score (nSPS) is 12.9. The van der Waals surface area contributed by atoms with Crippen molar-refractivity contribution in [2.45, 2.75) is 58.5 Å². The van der Waals surface area contributed by atoms with Gasteiger partial charge in [0.1, 0.15) is 6.10 Å². The molecule has 3 heteroatoms. The monoisotopic (exact) mass is 246 g/mol. The van der Waals surface area contributed by atoms with Crippen LogP contribution in [0.4, 0.5) is 0 Å². The van der Waals surface area contributed by atoms with E-state index in [1.807, 2.05) is 13.0 Å². The second kappa shape index (κ2) is 11.0. The number of hydrogen-bond donors (Lipinski definition) is 0. The van der Waals surface area contributed by atoms with Crippen molar-refractivity contribution in [3.63, 3.8) is 0 Å². The van der Waals surface area contributed by atoms with E-state index in [2.05, 4.69) is 13.0 Å². The molecule has 0 aromatic heterocycles. The molecule has 16 heavy (non-hydrogen) atoms. The lowest BCUT2D eigenvalue weighted by atomic mass is 10.2. The molecule has 0 aromatic carbocycles. The van der Waals surface area contributed by atoms with E-state index in [1.165, 1.54) is 12.8 Å². The van der Waals surface area contributed by atoms with Crippen molar-refractivity contribution in [1.82, 2.24) is 0 Å². The summed E-state index contributed by atoms with van der Waals surface area (Å²) in [4.78, 5) is 11.3. The summed E-state index contributed by atoms with van der Waals surface area (Å²) in [6, 6.07) is 0. The van der Waals surface area contributed by atoms with E-state index in [4.69, 9.17) is 16.3 Å². The van der Waals surface area contributed by atoms with Crippen LogP contribution in [0.3, 0.4) is 0 Å². The number of hydrogen-bond acceptors (Lipinski definition) is 2. The first-order valence-corrected chi connectivity index (χ1v) is 6.66. The Morgan fingerprint density at radius 3 is 2.75 bits per heavy atom. The molecule has 0 N–H and O–H groups in total. The van der Waals surface area contributed by atoms with Crippen LogP contribution in [0.25, 0.3) is 0 Å². The molecular weight excluding hydrogens is 224 g/mol. The highest BCUT2D eigenvalue weighted by atomic mass is 35.5. The van der Waals surface area contributed by atoms with E-state index in [9.17, 15) is 4.79 Å². The van der Waals surface area contributed by atoms with Crippen molar-refractivity contribution in [3.8, 4) is 0 Å². The molecule has 0 aromatic rings. The van der Waals surface area contributed by atoms with Crippen LogP contribution in [0, 0.1) is 0 Å². The average Bonchev–Trinajstić information content (AvgIpc) is 2.25. The largest absolute Gasteiger partial charge is 0.458 e. The summed E-state index contributed by atoms with van der Waals surface area (Å²) < 4.78 is 5.21. The lowest BCUT2D eigenvalue weighted by Crippen LogP contribution is -2.12. The molecule has 0 saturated carbocycles. The minimum Gasteiger partial charge on any atom is -0.458 e. The Morgan fingerprint density at radius 1 is 1.38 bits per heavy atom. The molecule has 0 bridgehead atoms. The maximum atomic E-state index is 11.3. The standard InChI is InChI=1S/C13H23ClO2/c1-3-4-5-6-9-12(2)16-13(15)10-7-8-11-14/h6,9,12H,3-5,7-8,10-11H2,1-2H3/b9-6+. The highest BCUT2D eigenvalue weighted by Gasteiger charge is 2.05. The van der Waals surface area contributed by atoms with Crippen LogP contribution in [0.1, 0.15) is 52.4 Å². The third-order valence-corrected chi connectivity index (χ3v) is 2.48. The number of halogens is 1. The summed E-state index contributed by atoms with van der Waals surface area (Å²) in [7, 11) is 0. The van der Waals surface area contributed by atoms with Gasteiger partial charge >= 0.3 is 5.97 Å². The lowest BCUT2D eigenvalue weighted by molar-refractivity contribution is -0.146. The van der Waals surface area contributed by atoms with Crippen molar-refractivity contribution in [1.29, 1.82) is 0 Å². The molecule has 0 aliphatic rings. The van der Waals surface area contributed by atoms with E-state index < -0.39 is 0 Å². The highest BCUT2D eigenvalue weighted by Crippen LogP contribution is 2.03. The predicted molar refractivity (Wildman–Crippen MR) is 68.8 cm³/mol. The zero-order valence-electron chi connectivity index (χ0n) is 10.4. The minimum atomic E-state index is -0.127. The van der Waals surface area contributed by atoms with Crippen LogP contribution < -0.4 is 0 Å². The number of alkyl halides is 1. The zero-order valence-corrected chi connectivity index (χ0v) is 11.1. The summed E-state index contributed by atoms with van der Waals surface area (Å²) in [6.45, 7) is 4.05. The number of rotatable bonds is 9. The van der Waals surface area contributed by atoms with Gasteiger partial charge in [0.05, 0.1) is 0 Å². The number of carbonyl (C=O) groups is 1. The van der Waals surface area contributed by atoms with Gasteiger partial charge in [-0.3, -0.25) is 4.79 Å². The Morgan fingerprint density at radius 2 is 2.12 bits per heavy atom. The zero-order chi connectivity index (χ0) is 12.2. The molecule has 0 spiro atoms. The van der Waals surface area contributed by atoms with E-state index in [1.54, 1.807) is 0 Å². The quantitative estimate of drug-likeness (QED) is 0.265. The van der Waals surface area contributed by atoms with Gasteiger partial charge in [0, 0.05) is 12.3 Å². The maximum absolute atomic E-state index is 11.3. The number of unbranched alkanes of at least 4 members (excludes halogenated alkanes) is 3. The molecular formula is C13H23ClO2. The molecule has 0 heterocycles. The number of esters is 1. The molecule has 0 aliphatic heterocycles. The fourth-order valence-corrected chi connectivity index (χ4v) is 1.47. The number of carbonyl (C=O) groups excluding carboxylic acids is 1. The molecule has 0 radical (unpaired) electrons. The van der Waals surface area contributed by atoms with E-state index in [0.717, 1.165) is 19.3 Å². The van der Waals surface area contributed by atoms with Crippen LogP contribution in [-0.2, 0) is 9.53 Å². The van der Waals surface area contributed by atoms with Crippen molar-refractivity contribution < 1.29 is 9.53 Å². The fourth-order valence-electron chi connectivity index (χ4n) is 1.28. The summed E-state index contributed by atoms with van der Waals surface area (Å²) >= 11 is 5.53. The Kier molecular flexibility index (Phi) is 10.7. The Bertz CT molecular complexity index is 202.